The molecular formula is C27H26N2O2. The molecule has 4 heteroatoms. The van der Waals surface area contributed by atoms with Crippen LogP contribution in [0, 0.1) is 0 Å². The minimum Gasteiger partial charge on any atom is -0.288 e. The number of hydrogen-bond donors (Lipinski definition) is 1. The van der Waals surface area contributed by atoms with E-state index < -0.39 is 0 Å². The monoisotopic (exact) mass is 410 g/mol. The van der Waals surface area contributed by atoms with Gasteiger partial charge in [-0.1, -0.05) is 73.7 Å². The first-order valence-electron chi connectivity index (χ1n) is 11.0. The van der Waals surface area contributed by atoms with Crippen LogP contribution >= 0.6 is 0 Å². The lowest BCUT2D eigenvalue weighted by molar-refractivity contribution is 0.0873. The van der Waals surface area contributed by atoms with Crippen LogP contribution in [0.15, 0.2) is 72.8 Å². The Morgan fingerprint density at radius 3 is 2.42 bits per heavy atom. The van der Waals surface area contributed by atoms with Crippen molar-refractivity contribution in [1.29, 1.82) is 0 Å². The number of hydrogen-bond acceptors (Lipinski definition) is 3. The van der Waals surface area contributed by atoms with Crippen molar-refractivity contribution >= 4 is 11.8 Å². The molecule has 2 aliphatic heterocycles. The topological polar surface area (TPSA) is 49.4 Å². The smallest absolute Gasteiger partial charge is 0.259 e. The normalized spacial score (nSPS) is 18.9. The summed E-state index contributed by atoms with van der Waals surface area (Å²) in [6.07, 6.45) is 2.79. The van der Waals surface area contributed by atoms with Crippen LogP contribution in [0.25, 0.3) is 0 Å². The van der Waals surface area contributed by atoms with Crippen LogP contribution in [-0.2, 0) is 19.4 Å². The average Bonchev–Trinajstić information content (AvgIpc) is 3.09. The van der Waals surface area contributed by atoms with Crippen LogP contribution in [0.3, 0.4) is 0 Å². The maximum absolute atomic E-state index is 12.6. The molecule has 0 radical (unpaired) electrons. The van der Waals surface area contributed by atoms with Crippen molar-refractivity contribution < 1.29 is 9.59 Å². The predicted molar refractivity (Wildman–Crippen MR) is 121 cm³/mol. The SMILES string of the molecule is CCC(c1cccc2c1C(=O)NC2=O)N1Cc2ccccc2CC1Cc1ccccc1. The second-order valence-corrected chi connectivity index (χ2v) is 8.47. The van der Waals surface area contributed by atoms with E-state index in [2.05, 4.69) is 71.7 Å². The van der Waals surface area contributed by atoms with E-state index in [-0.39, 0.29) is 17.9 Å². The summed E-state index contributed by atoms with van der Waals surface area (Å²) in [5, 5.41) is 2.47. The van der Waals surface area contributed by atoms with Gasteiger partial charge in [-0.15, -0.1) is 0 Å². The van der Waals surface area contributed by atoms with Crippen molar-refractivity contribution in [3.63, 3.8) is 0 Å². The highest BCUT2D eigenvalue weighted by atomic mass is 16.2. The second kappa shape index (κ2) is 8.12. The molecule has 0 spiro atoms. The van der Waals surface area contributed by atoms with E-state index in [1.54, 1.807) is 6.07 Å². The highest BCUT2D eigenvalue weighted by Crippen LogP contribution is 2.37. The molecule has 156 valence electrons. The van der Waals surface area contributed by atoms with Gasteiger partial charge in [-0.3, -0.25) is 19.8 Å². The lowest BCUT2D eigenvalue weighted by Gasteiger charge is -2.42. The second-order valence-electron chi connectivity index (χ2n) is 8.47. The number of fused-ring (bicyclic) bond motifs is 2. The molecule has 2 heterocycles. The molecule has 0 bridgehead atoms. The number of carbonyl (C=O) groups is 2. The fourth-order valence-corrected chi connectivity index (χ4v) is 5.20. The zero-order valence-electron chi connectivity index (χ0n) is 17.7. The minimum atomic E-state index is -0.290. The molecule has 4 nitrogen and oxygen atoms in total. The van der Waals surface area contributed by atoms with Crippen molar-refractivity contribution in [3.8, 4) is 0 Å². The van der Waals surface area contributed by atoms with Gasteiger partial charge >= 0.3 is 0 Å². The molecular weight excluding hydrogens is 384 g/mol. The standard InChI is InChI=1S/C27H26N2O2/c1-2-24(22-13-8-14-23-25(22)27(31)28-26(23)30)29-17-20-12-7-6-11-19(20)16-21(29)15-18-9-4-3-5-10-18/h3-14,21,24H,2,15-17H2,1H3,(H,28,30,31). The molecule has 2 unspecified atom stereocenters. The third-order valence-corrected chi connectivity index (χ3v) is 6.65. The van der Waals surface area contributed by atoms with Gasteiger partial charge in [0.1, 0.15) is 0 Å². The van der Waals surface area contributed by atoms with Gasteiger partial charge in [0.2, 0.25) is 0 Å². The molecule has 0 aliphatic carbocycles. The lowest BCUT2D eigenvalue weighted by Crippen LogP contribution is -2.44. The van der Waals surface area contributed by atoms with Crippen LogP contribution in [0.5, 0.6) is 0 Å². The molecule has 3 aromatic rings. The Balaban J connectivity index is 1.57. The molecule has 2 atom stereocenters. The van der Waals surface area contributed by atoms with Gasteiger partial charge in [0, 0.05) is 18.6 Å². The molecule has 0 saturated carbocycles. The molecule has 3 aromatic carbocycles. The van der Waals surface area contributed by atoms with E-state index in [1.807, 2.05) is 12.1 Å². The first kappa shape index (κ1) is 19.7. The number of amides is 2. The Labute approximate surface area is 182 Å². The van der Waals surface area contributed by atoms with Crippen LogP contribution in [0.4, 0.5) is 0 Å². The van der Waals surface area contributed by atoms with Gasteiger partial charge in [-0.05, 0) is 47.6 Å². The quantitative estimate of drug-likeness (QED) is 0.621. The van der Waals surface area contributed by atoms with Gasteiger partial charge in [0.15, 0.2) is 0 Å². The van der Waals surface area contributed by atoms with Crippen LogP contribution in [-0.4, -0.2) is 22.8 Å². The summed E-state index contributed by atoms with van der Waals surface area (Å²) < 4.78 is 0. The highest BCUT2D eigenvalue weighted by molar-refractivity contribution is 6.22. The summed E-state index contributed by atoms with van der Waals surface area (Å²) in [5.74, 6) is -0.562. The molecule has 2 amide bonds. The summed E-state index contributed by atoms with van der Waals surface area (Å²) in [4.78, 5) is 27.4. The molecule has 1 N–H and O–H groups in total. The van der Waals surface area contributed by atoms with Crippen LogP contribution < -0.4 is 5.32 Å². The van der Waals surface area contributed by atoms with Crippen molar-refractivity contribution in [1.82, 2.24) is 10.2 Å². The number of imide groups is 1. The maximum atomic E-state index is 12.6. The number of carbonyl (C=O) groups excluding carboxylic acids is 2. The number of rotatable bonds is 5. The van der Waals surface area contributed by atoms with Gasteiger partial charge in [-0.2, -0.15) is 0 Å². The summed E-state index contributed by atoms with van der Waals surface area (Å²) >= 11 is 0. The first-order chi connectivity index (χ1) is 15.2. The number of benzene rings is 3. The highest BCUT2D eigenvalue weighted by Gasteiger charge is 2.36. The molecule has 0 saturated heterocycles. The molecule has 31 heavy (non-hydrogen) atoms. The summed E-state index contributed by atoms with van der Waals surface area (Å²) in [6.45, 7) is 3.00. The van der Waals surface area contributed by atoms with Crippen LogP contribution in [0.1, 0.15) is 62.4 Å². The van der Waals surface area contributed by atoms with E-state index >= 15 is 0 Å². The first-order valence-corrected chi connectivity index (χ1v) is 11.0. The molecule has 0 fully saturated rings. The average molecular weight is 411 g/mol. The Kier molecular flexibility index (Phi) is 5.16. The molecule has 0 aromatic heterocycles. The Bertz CT molecular complexity index is 1140. The third kappa shape index (κ3) is 3.57. The van der Waals surface area contributed by atoms with E-state index in [1.165, 1.54) is 16.7 Å². The van der Waals surface area contributed by atoms with Crippen LogP contribution in [0.2, 0.25) is 0 Å². The van der Waals surface area contributed by atoms with Crippen molar-refractivity contribution in [2.45, 2.75) is 44.8 Å². The maximum Gasteiger partial charge on any atom is 0.259 e. The van der Waals surface area contributed by atoms with Crippen molar-refractivity contribution in [2.75, 3.05) is 0 Å². The molecule has 2 aliphatic rings. The predicted octanol–water partition coefficient (Wildman–Crippen LogP) is 4.69. The van der Waals surface area contributed by atoms with Gasteiger partial charge in [0.05, 0.1) is 11.1 Å². The van der Waals surface area contributed by atoms with Gasteiger partial charge < -0.3 is 0 Å². The summed E-state index contributed by atoms with van der Waals surface area (Å²) in [5.41, 5.74) is 6.08. The van der Waals surface area contributed by atoms with E-state index in [4.69, 9.17) is 0 Å². The summed E-state index contributed by atoms with van der Waals surface area (Å²) in [7, 11) is 0. The third-order valence-electron chi connectivity index (χ3n) is 6.65. The van der Waals surface area contributed by atoms with Crippen molar-refractivity contribution in [3.05, 3.63) is 106 Å². The van der Waals surface area contributed by atoms with E-state index in [0.717, 1.165) is 31.4 Å². The Hall–Kier alpha value is -3.24. The number of nitrogens with one attached hydrogen (secondary N) is 1. The minimum absolute atomic E-state index is 0.0636. The number of nitrogens with zero attached hydrogens (tertiary/aromatic N) is 1. The van der Waals surface area contributed by atoms with Gasteiger partial charge in [0.25, 0.3) is 11.8 Å². The fourth-order valence-electron chi connectivity index (χ4n) is 5.20. The zero-order chi connectivity index (χ0) is 21.4. The Morgan fingerprint density at radius 1 is 0.903 bits per heavy atom. The fraction of sp³-hybridized carbons (Fsp3) is 0.259. The largest absolute Gasteiger partial charge is 0.288 e. The Morgan fingerprint density at radius 2 is 1.65 bits per heavy atom. The molecule has 5 rings (SSSR count). The van der Waals surface area contributed by atoms with E-state index in [0.29, 0.717) is 17.2 Å². The van der Waals surface area contributed by atoms with E-state index in [9.17, 15) is 9.59 Å². The van der Waals surface area contributed by atoms with Gasteiger partial charge in [-0.25, -0.2) is 0 Å². The van der Waals surface area contributed by atoms with Crippen molar-refractivity contribution in [2.24, 2.45) is 0 Å². The zero-order valence-corrected chi connectivity index (χ0v) is 17.7. The summed E-state index contributed by atoms with van der Waals surface area (Å²) in [6, 6.07) is 25.3. The lowest BCUT2D eigenvalue weighted by atomic mass is 9.86.